The Morgan fingerprint density at radius 2 is 2.00 bits per heavy atom. The van der Waals surface area contributed by atoms with E-state index in [1.807, 2.05) is 12.1 Å². The van der Waals surface area contributed by atoms with Crippen LogP contribution < -0.4 is 5.32 Å². The first-order valence-electron chi connectivity index (χ1n) is 5.48. The van der Waals surface area contributed by atoms with E-state index in [1.165, 1.54) is 18.2 Å². The molecule has 0 fully saturated rings. The lowest BCUT2D eigenvalue weighted by Gasteiger charge is -2.07. The van der Waals surface area contributed by atoms with Gasteiger partial charge in [-0.1, -0.05) is 22.0 Å². The quantitative estimate of drug-likeness (QED) is 0.436. The minimum absolute atomic E-state index is 0.0632. The van der Waals surface area contributed by atoms with Crippen LogP contribution in [0.3, 0.4) is 0 Å². The van der Waals surface area contributed by atoms with Crippen molar-refractivity contribution in [1.29, 1.82) is 0 Å². The fourth-order valence-electron chi connectivity index (χ4n) is 1.57. The van der Waals surface area contributed by atoms with Crippen LogP contribution >= 0.6 is 38.5 Å². The summed E-state index contributed by atoms with van der Waals surface area (Å²) in [5.41, 5.74) is 0.832. The first-order chi connectivity index (χ1) is 9.47. The van der Waals surface area contributed by atoms with Gasteiger partial charge in [-0.2, -0.15) is 0 Å². The molecule has 0 radical (unpaired) electrons. The molecule has 2 aromatic carbocycles. The lowest BCUT2D eigenvalue weighted by molar-refractivity contribution is -0.384. The first kappa shape index (κ1) is 14.9. The average Bonchev–Trinajstić information content (AvgIpc) is 2.41. The third-order valence-corrected chi connectivity index (χ3v) is 3.92. The zero-order valence-corrected chi connectivity index (χ0v) is 13.7. The van der Waals surface area contributed by atoms with Crippen LogP contribution in [0.5, 0.6) is 0 Å². The van der Waals surface area contributed by atoms with Gasteiger partial charge in [0.2, 0.25) is 0 Å². The molecule has 1 amide bonds. The zero-order valence-electron chi connectivity index (χ0n) is 9.97. The van der Waals surface area contributed by atoms with Crippen molar-refractivity contribution in [1.82, 2.24) is 0 Å². The van der Waals surface area contributed by atoms with E-state index in [0.29, 0.717) is 11.3 Å². The summed E-state index contributed by atoms with van der Waals surface area (Å²) in [6, 6.07) is 11.2. The minimum Gasteiger partial charge on any atom is -0.322 e. The minimum atomic E-state index is -0.501. The third-order valence-electron chi connectivity index (χ3n) is 2.49. The largest absolute Gasteiger partial charge is 0.322 e. The highest BCUT2D eigenvalue weighted by Crippen LogP contribution is 2.21. The summed E-state index contributed by atoms with van der Waals surface area (Å²) in [7, 11) is 0. The van der Waals surface area contributed by atoms with Gasteiger partial charge < -0.3 is 5.32 Å². The number of hydrogen-bond acceptors (Lipinski definition) is 3. The summed E-state index contributed by atoms with van der Waals surface area (Å²) in [5.74, 6) is -0.309. The van der Waals surface area contributed by atoms with E-state index in [2.05, 4.69) is 43.8 Å². The Morgan fingerprint density at radius 1 is 1.25 bits per heavy atom. The van der Waals surface area contributed by atoms with Gasteiger partial charge in [0.25, 0.3) is 11.6 Å². The third kappa shape index (κ3) is 3.54. The Balaban J connectivity index is 2.25. The second-order valence-electron chi connectivity index (χ2n) is 3.89. The number of nitrogens with zero attached hydrogens (tertiary/aromatic N) is 1. The van der Waals surface area contributed by atoms with Crippen LogP contribution in [0.25, 0.3) is 0 Å². The molecule has 5 nitrogen and oxygen atoms in total. The number of carbonyl (C=O) groups is 1. The molecule has 2 aromatic rings. The van der Waals surface area contributed by atoms with E-state index >= 15 is 0 Å². The van der Waals surface area contributed by atoms with Crippen LogP contribution in [0.15, 0.2) is 46.9 Å². The average molecular weight is 447 g/mol. The number of non-ortho nitro benzene ring substituents is 1. The van der Waals surface area contributed by atoms with E-state index in [4.69, 9.17) is 0 Å². The summed E-state index contributed by atoms with van der Waals surface area (Å²) in [6.45, 7) is 0. The highest BCUT2D eigenvalue weighted by atomic mass is 127. The highest BCUT2D eigenvalue weighted by molar-refractivity contribution is 14.1. The van der Waals surface area contributed by atoms with Gasteiger partial charge in [0, 0.05) is 25.9 Å². The normalized spacial score (nSPS) is 10.1. The molecule has 102 valence electrons. The van der Waals surface area contributed by atoms with Crippen molar-refractivity contribution in [2.24, 2.45) is 0 Å². The second kappa shape index (κ2) is 6.31. The smallest absolute Gasteiger partial charge is 0.271 e. The van der Waals surface area contributed by atoms with Crippen LogP contribution in [-0.2, 0) is 0 Å². The van der Waals surface area contributed by atoms with Gasteiger partial charge in [-0.05, 0) is 46.9 Å². The number of nitrogens with one attached hydrogen (secondary N) is 1. The van der Waals surface area contributed by atoms with Crippen molar-refractivity contribution in [3.63, 3.8) is 0 Å². The predicted molar refractivity (Wildman–Crippen MR) is 87.9 cm³/mol. The molecule has 0 aromatic heterocycles. The number of benzene rings is 2. The molecule has 2 rings (SSSR count). The maximum Gasteiger partial charge on any atom is 0.271 e. The van der Waals surface area contributed by atoms with Crippen molar-refractivity contribution < 1.29 is 9.72 Å². The molecule has 0 bridgehead atoms. The van der Waals surface area contributed by atoms with Gasteiger partial charge >= 0.3 is 0 Å². The molecular weight excluding hydrogens is 439 g/mol. The van der Waals surface area contributed by atoms with Crippen molar-refractivity contribution in [2.45, 2.75) is 0 Å². The molecular formula is C13H8BrIN2O3. The van der Waals surface area contributed by atoms with Gasteiger partial charge in [0.15, 0.2) is 0 Å². The fraction of sp³-hybridized carbons (Fsp3) is 0. The number of halogens is 2. The molecule has 0 unspecified atom stereocenters. The molecule has 0 saturated heterocycles. The van der Waals surface area contributed by atoms with Crippen LogP contribution in [0.4, 0.5) is 11.4 Å². The topological polar surface area (TPSA) is 72.2 Å². The molecule has 0 atom stereocenters. The van der Waals surface area contributed by atoms with Crippen molar-refractivity contribution >= 4 is 55.8 Å². The number of nitro benzene ring substituents is 1. The van der Waals surface area contributed by atoms with E-state index in [-0.39, 0.29) is 11.6 Å². The Labute approximate surface area is 136 Å². The summed E-state index contributed by atoms with van der Waals surface area (Å²) in [5, 5.41) is 13.3. The zero-order chi connectivity index (χ0) is 14.7. The van der Waals surface area contributed by atoms with Crippen LogP contribution in [0.1, 0.15) is 10.4 Å². The van der Waals surface area contributed by atoms with E-state index in [1.54, 1.807) is 12.1 Å². The molecule has 20 heavy (non-hydrogen) atoms. The van der Waals surface area contributed by atoms with E-state index < -0.39 is 4.92 Å². The van der Waals surface area contributed by atoms with Gasteiger partial charge in [0.05, 0.1) is 10.5 Å². The fourth-order valence-corrected chi connectivity index (χ4v) is 2.51. The monoisotopic (exact) mass is 446 g/mol. The Bertz CT molecular complexity index is 691. The second-order valence-corrected chi connectivity index (χ2v) is 5.96. The number of rotatable bonds is 3. The number of carbonyl (C=O) groups excluding carboxylic acids is 1. The predicted octanol–water partition coefficient (Wildman–Crippen LogP) is 4.21. The summed E-state index contributed by atoms with van der Waals surface area (Å²) >= 11 is 5.37. The van der Waals surface area contributed by atoms with Crippen molar-refractivity contribution in [3.05, 3.63) is 66.2 Å². The lowest BCUT2D eigenvalue weighted by atomic mass is 10.2. The van der Waals surface area contributed by atoms with Crippen LogP contribution in [0.2, 0.25) is 0 Å². The van der Waals surface area contributed by atoms with E-state index in [9.17, 15) is 14.9 Å². The standard InChI is InChI=1S/C13H8BrIN2O3/c14-8-4-5-12(15)11(6-8)13(18)16-9-2-1-3-10(7-9)17(19)20/h1-7H,(H,16,18). The molecule has 0 aliphatic rings. The Hall–Kier alpha value is -1.48. The maximum absolute atomic E-state index is 12.2. The number of nitro groups is 1. The van der Waals surface area contributed by atoms with E-state index in [0.717, 1.165) is 8.04 Å². The summed E-state index contributed by atoms with van der Waals surface area (Å²) in [6.07, 6.45) is 0. The van der Waals surface area contributed by atoms with Gasteiger partial charge in [-0.25, -0.2) is 0 Å². The van der Waals surface area contributed by atoms with Crippen LogP contribution in [-0.4, -0.2) is 10.8 Å². The molecule has 0 saturated carbocycles. The van der Waals surface area contributed by atoms with Gasteiger partial charge in [-0.3, -0.25) is 14.9 Å². The molecule has 1 N–H and O–H groups in total. The van der Waals surface area contributed by atoms with Crippen LogP contribution in [0, 0.1) is 13.7 Å². The van der Waals surface area contributed by atoms with Crippen molar-refractivity contribution in [3.8, 4) is 0 Å². The molecule has 0 aliphatic heterocycles. The number of anilines is 1. The molecule has 0 aliphatic carbocycles. The van der Waals surface area contributed by atoms with Crippen molar-refractivity contribution in [2.75, 3.05) is 5.32 Å². The maximum atomic E-state index is 12.2. The summed E-state index contributed by atoms with van der Waals surface area (Å²) in [4.78, 5) is 22.4. The summed E-state index contributed by atoms with van der Waals surface area (Å²) < 4.78 is 1.59. The number of hydrogen-bond donors (Lipinski definition) is 1. The molecule has 0 spiro atoms. The number of amides is 1. The molecule has 0 heterocycles. The Kier molecular flexibility index (Phi) is 4.71. The Morgan fingerprint density at radius 3 is 2.70 bits per heavy atom. The lowest BCUT2D eigenvalue weighted by Crippen LogP contribution is -2.13. The molecule has 7 heteroatoms. The SMILES string of the molecule is O=C(Nc1cccc([N+](=O)[O-])c1)c1cc(Br)ccc1I. The highest BCUT2D eigenvalue weighted by Gasteiger charge is 2.12. The van der Waals surface area contributed by atoms with Gasteiger partial charge in [0.1, 0.15) is 0 Å². The van der Waals surface area contributed by atoms with Gasteiger partial charge in [-0.15, -0.1) is 0 Å². The first-order valence-corrected chi connectivity index (χ1v) is 7.35.